The van der Waals surface area contributed by atoms with Crippen LogP contribution in [0.4, 0.5) is 5.95 Å². The minimum atomic E-state index is -3.58. The van der Waals surface area contributed by atoms with Gasteiger partial charge in [0.1, 0.15) is 4.21 Å². The molecular formula is C15H21N5O3S2. The van der Waals surface area contributed by atoms with Gasteiger partial charge >= 0.3 is 6.01 Å². The van der Waals surface area contributed by atoms with E-state index in [0.29, 0.717) is 11.8 Å². The summed E-state index contributed by atoms with van der Waals surface area (Å²) in [6.45, 7) is 3.62. The standard InChI is InChI=1S/C15H21N5O3S2/c1-11-6-7-13(24-11)25(21,22)16-10-12-17-14(19-15(18-12)23-2)20-8-4-3-5-9-20/h6-7,16H,3-5,8-10H2,1-2H3. The minimum absolute atomic E-state index is 0.0149. The summed E-state index contributed by atoms with van der Waals surface area (Å²) in [7, 11) is -2.10. The fourth-order valence-electron chi connectivity index (χ4n) is 2.58. The number of ether oxygens (including phenoxy) is 1. The molecule has 1 saturated heterocycles. The van der Waals surface area contributed by atoms with E-state index in [1.165, 1.54) is 24.9 Å². The van der Waals surface area contributed by atoms with E-state index in [2.05, 4.69) is 24.6 Å². The quantitative estimate of drug-likeness (QED) is 0.811. The van der Waals surface area contributed by atoms with Crippen LogP contribution >= 0.6 is 11.3 Å². The zero-order valence-corrected chi connectivity index (χ0v) is 15.9. The summed E-state index contributed by atoms with van der Waals surface area (Å²) in [4.78, 5) is 15.9. The number of hydrogen-bond donors (Lipinski definition) is 1. The van der Waals surface area contributed by atoms with Crippen molar-refractivity contribution < 1.29 is 13.2 Å². The van der Waals surface area contributed by atoms with Gasteiger partial charge < -0.3 is 9.64 Å². The molecule has 0 atom stereocenters. The predicted octanol–water partition coefficient (Wildman–Crippen LogP) is 1.72. The van der Waals surface area contributed by atoms with Crippen LogP contribution in [0.25, 0.3) is 0 Å². The van der Waals surface area contributed by atoms with Crippen molar-refractivity contribution in [3.63, 3.8) is 0 Å². The minimum Gasteiger partial charge on any atom is -0.467 e. The van der Waals surface area contributed by atoms with Crippen molar-refractivity contribution in [2.24, 2.45) is 0 Å². The van der Waals surface area contributed by atoms with Gasteiger partial charge in [0.15, 0.2) is 5.82 Å². The number of hydrogen-bond acceptors (Lipinski definition) is 8. The third kappa shape index (κ3) is 4.44. The summed E-state index contributed by atoms with van der Waals surface area (Å²) < 4.78 is 32.7. The van der Waals surface area contributed by atoms with Gasteiger partial charge in [-0.05, 0) is 38.3 Å². The monoisotopic (exact) mass is 383 g/mol. The molecule has 3 heterocycles. The van der Waals surface area contributed by atoms with Crippen LogP contribution in [0.3, 0.4) is 0 Å². The van der Waals surface area contributed by atoms with Gasteiger partial charge in [0.25, 0.3) is 0 Å². The van der Waals surface area contributed by atoms with Crippen LogP contribution in [0.1, 0.15) is 30.0 Å². The van der Waals surface area contributed by atoms with Gasteiger partial charge in [0, 0.05) is 18.0 Å². The number of nitrogens with zero attached hydrogens (tertiary/aromatic N) is 4. The fraction of sp³-hybridized carbons (Fsp3) is 0.533. The first-order valence-electron chi connectivity index (χ1n) is 8.08. The fourth-order valence-corrected chi connectivity index (χ4v) is 4.89. The van der Waals surface area contributed by atoms with Crippen molar-refractivity contribution >= 4 is 27.3 Å². The lowest BCUT2D eigenvalue weighted by Gasteiger charge is -2.26. The van der Waals surface area contributed by atoms with Crippen molar-refractivity contribution in [1.29, 1.82) is 0 Å². The average Bonchev–Trinajstić information content (AvgIpc) is 3.08. The maximum Gasteiger partial charge on any atom is 0.321 e. The van der Waals surface area contributed by atoms with E-state index >= 15 is 0 Å². The van der Waals surface area contributed by atoms with Crippen LogP contribution in [-0.2, 0) is 16.6 Å². The Bertz CT molecular complexity index is 831. The van der Waals surface area contributed by atoms with Gasteiger partial charge in [-0.2, -0.15) is 15.0 Å². The molecule has 0 radical (unpaired) electrons. The second-order valence-electron chi connectivity index (χ2n) is 5.78. The molecule has 0 aromatic carbocycles. The summed E-state index contributed by atoms with van der Waals surface area (Å²) in [5.74, 6) is 0.872. The molecule has 10 heteroatoms. The largest absolute Gasteiger partial charge is 0.467 e. The van der Waals surface area contributed by atoms with E-state index in [1.54, 1.807) is 12.1 Å². The van der Waals surface area contributed by atoms with Crippen LogP contribution in [0, 0.1) is 6.92 Å². The van der Waals surface area contributed by atoms with Crippen LogP contribution in [0.2, 0.25) is 0 Å². The Labute approximate surface area is 151 Å². The van der Waals surface area contributed by atoms with E-state index in [0.717, 1.165) is 30.8 Å². The molecule has 0 aliphatic carbocycles. The molecule has 1 aliphatic heterocycles. The number of aromatic nitrogens is 3. The number of nitrogens with one attached hydrogen (secondary N) is 1. The number of thiophene rings is 1. The van der Waals surface area contributed by atoms with Gasteiger partial charge in [-0.25, -0.2) is 13.1 Å². The van der Waals surface area contributed by atoms with E-state index in [4.69, 9.17) is 4.74 Å². The summed E-state index contributed by atoms with van der Waals surface area (Å²) in [6, 6.07) is 3.56. The molecule has 8 nitrogen and oxygen atoms in total. The molecule has 136 valence electrons. The SMILES string of the molecule is COc1nc(CNS(=O)(=O)c2ccc(C)s2)nc(N2CCCCC2)n1. The summed E-state index contributed by atoms with van der Waals surface area (Å²) in [5.41, 5.74) is 0. The Morgan fingerprint density at radius 2 is 1.96 bits per heavy atom. The first-order valence-corrected chi connectivity index (χ1v) is 10.4. The maximum atomic E-state index is 12.3. The molecule has 0 bridgehead atoms. The topological polar surface area (TPSA) is 97.3 Å². The number of rotatable bonds is 6. The van der Waals surface area contributed by atoms with Crippen LogP contribution in [0.5, 0.6) is 6.01 Å². The van der Waals surface area contributed by atoms with E-state index < -0.39 is 10.0 Å². The molecule has 0 saturated carbocycles. The highest BCUT2D eigenvalue weighted by Crippen LogP contribution is 2.21. The molecule has 0 unspecified atom stereocenters. The zero-order valence-electron chi connectivity index (χ0n) is 14.2. The number of methoxy groups -OCH3 is 1. The lowest BCUT2D eigenvalue weighted by molar-refractivity contribution is 0.374. The third-order valence-corrected chi connectivity index (χ3v) is 6.77. The number of sulfonamides is 1. The first kappa shape index (κ1) is 18.0. The lowest BCUT2D eigenvalue weighted by Crippen LogP contribution is -2.32. The molecule has 1 aliphatic rings. The van der Waals surface area contributed by atoms with Crippen molar-refractivity contribution in [2.45, 2.75) is 36.9 Å². The van der Waals surface area contributed by atoms with Gasteiger partial charge in [-0.1, -0.05) is 0 Å². The predicted molar refractivity (Wildman–Crippen MR) is 95.5 cm³/mol. The number of anilines is 1. The molecule has 3 rings (SSSR count). The van der Waals surface area contributed by atoms with Crippen LogP contribution in [0.15, 0.2) is 16.3 Å². The summed E-state index contributed by atoms with van der Waals surface area (Å²) >= 11 is 1.23. The Morgan fingerprint density at radius 1 is 1.20 bits per heavy atom. The Hall–Kier alpha value is -1.78. The van der Waals surface area contributed by atoms with Crippen molar-refractivity contribution in [3.8, 4) is 6.01 Å². The van der Waals surface area contributed by atoms with E-state index in [1.807, 2.05) is 6.92 Å². The molecular weight excluding hydrogens is 362 g/mol. The third-order valence-electron chi connectivity index (χ3n) is 3.87. The van der Waals surface area contributed by atoms with Gasteiger partial charge in [0.2, 0.25) is 16.0 Å². The highest BCUT2D eigenvalue weighted by atomic mass is 32.2. The molecule has 0 amide bonds. The van der Waals surface area contributed by atoms with Gasteiger partial charge in [0.05, 0.1) is 13.7 Å². The normalized spacial score (nSPS) is 15.4. The van der Waals surface area contributed by atoms with E-state index in [9.17, 15) is 8.42 Å². The molecule has 1 fully saturated rings. The van der Waals surface area contributed by atoms with Crippen LogP contribution < -0.4 is 14.4 Å². The number of aryl methyl sites for hydroxylation is 1. The van der Waals surface area contributed by atoms with Gasteiger partial charge in [-0.15, -0.1) is 11.3 Å². The highest BCUT2D eigenvalue weighted by molar-refractivity contribution is 7.91. The highest BCUT2D eigenvalue weighted by Gasteiger charge is 2.19. The maximum absolute atomic E-state index is 12.3. The van der Waals surface area contributed by atoms with E-state index in [-0.39, 0.29) is 16.8 Å². The van der Waals surface area contributed by atoms with Crippen molar-refractivity contribution in [1.82, 2.24) is 19.7 Å². The van der Waals surface area contributed by atoms with Crippen molar-refractivity contribution in [2.75, 3.05) is 25.1 Å². The Kier molecular flexibility index (Phi) is 5.50. The van der Waals surface area contributed by atoms with Gasteiger partial charge in [-0.3, -0.25) is 0 Å². The Morgan fingerprint density at radius 3 is 2.60 bits per heavy atom. The zero-order chi connectivity index (χ0) is 17.9. The molecule has 1 N–H and O–H groups in total. The molecule has 2 aromatic heterocycles. The average molecular weight is 383 g/mol. The second kappa shape index (κ2) is 7.63. The Balaban J connectivity index is 1.77. The molecule has 2 aromatic rings. The summed E-state index contributed by atoms with van der Waals surface area (Å²) in [6.07, 6.45) is 3.38. The molecule has 0 spiro atoms. The summed E-state index contributed by atoms with van der Waals surface area (Å²) in [5, 5.41) is 0. The first-order chi connectivity index (χ1) is 12.0. The molecule has 25 heavy (non-hydrogen) atoms. The van der Waals surface area contributed by atoms with Crippen molar-refractivity contribution in [3.05, 3.63) is 22.8 Å². The van der Waals surface area contributed by atoms with Crippen LogP contribution in [-0.4, -0.2) is 43.6 Å². The second-order valence-corrected chi connectivity index (χ2v) is 9.06. The lowest BCUT2D eigenvalue weighted by atomic mass is 10.1. The smallest absolute Gasteiger partial charge is 0.321 e. The number of piperidine rings is 1.